The van der Waals surface area contributed by atoms with Gasteiger partial charge in [-0.1, -0.05) is 44.2 Å². The molecule has 0 unspecified atom stereocenters. The van der Waals surface area contributed by atoms with Crippen molar-refractivity contribution in [3.8, 4) is 0 Å². The van der Waals surface area contributed by atoms with Gasteiger partial charge in [0, 0.05) is 19.5 Å². The minimum atomic E-state index is -0.722. The van der Waals surface area contributed by atoms with Crippen LogP contribution in [0, 0.1) is 0 Å². The number of hydrogen-bond donors (Lipinski definition) is 1. The second-order valence-electron chi connectivity index (χ2n) is 6.85. The van der Waals surface area contributed by atoms with E-state index in [1.165, 1.54) is 0 Å². The third-order valence-corrected chi connectivity index (χ3v) is 3.72. The Balaban J connectivity index is 0.00000127. The average molecular weight is 321 g/mol. The molecule has 1 aromatic rings. The van der Waals surface area contributed by atoms with Crippen LogP contribution < -0.4 is 0 Å². The molecule has 1 saturated heterocycles. The lowest BCUT2D eigenvalue weighted by Crippen LogP contribution is -2.49. The van der Waals surface area contributed by atoms with Crippen molar-refractivity contribution < 1.29 is 14.6 Å². The standard InChI is InChI=1S/C17H25NO3.C2H6/c1-16(2,3)21-15(19)18-11-9-17(20,10-12-18)13-14-7-5-4-6-8-14;1-2/h4-8,20H,9-13H2,1-3H3;1-2H3. The zero-order valence-electron chi connectivity index (χ0n) is 15.1. The van der Waals surface area contributed by atoms with Crippen LogP contribution in [0.4, 0.5) is 4.79 Å². The predicted octanol–water partition coefficient (Wildman–Crippen LogP) is 4.02. The van der Waals surface area contributed by atoms with Gasteiger partial charge in [0.1, 0.15) is 5.60 Å². The van der Waals surface area contributed by atoms with Gasteiger partial charge in [0.25, 0.3) is 0 Å². The molecule has 0 saturated carbocycles. The summed E-state index contributed by atoms with van der Waals surface area (Å²) < 4.78 is 5.37. The van der Waals surface area contributed by atoms with Gasteiger partial charge in [0.15, 0.2) is 0 Å². The fourth-order valence-electron chi connectivity index (χ4n) is 2.58. The number of piperidine rings is 1. The molecule has 130 valence electrons. The van der Waals surface area contributed by atoms with Crippen LogP contribution in [-0.2, 0) is 11.2 Å². The van der Waals surface area contributed by atoms with Gasteiger partial charge in [0.2, 0.25) is 0 Å². The quantitative estimate of drug-likeness (QED) is 0.895. The van der Waals surface area contributed by atoms with Crippen molar-refractivity contribution in [2.75, 3.05) is 13.1 Å². The van der Waals surface area contributed by atoms with Gasteiger partial charge in [-0.3, -0.25) is 0 Å². The Bertz CT molecular complexity index is 471. The molecule has 4 nitrogen and oxygen atoms in total. The molecular weight excluding hydrogens is 290 g/mol. The highest BCUT2D eigenvalue weighted by molar-refractivity contribution is 5.68. The van der Waals surface area contributed by atoms with E-state index in [-0.39, 0.29) is 6.09 Å². The number of carbonyl (C=O) groups is 1. The zero-order chi connectivity index (χ0) is 17.5. The van der Waals surface area contributed by atoms with E-state index in [9.17, 15) is 9.90 Å². The van der Waals surface area contributed by atoms with E-state index in [0.717, 1.165) is 5.56 Å². The first-order valence-electron chi connectivity index (χ1n) is 8.52. The monoisotopic (exact) mass is 321 g/mol. The normalized spacial score (nSPS) is 17.0. The Kier molecular flexibility index (Phi) is 7.07. The molecule has 1 amide bonds. The molecule has 1 fully saturated rings. The molecule has 2 rings (SSSR count). The summed E-state index contributed by atoms with van der Waals surface area (Å²) in [5.41, 5.74) is -0.0694. The largest absolute Gasteiger partial charge is 0.444 e. The summed E-state index contributed by atoms with van der Waals surface area (Å²) in [6.45, 7) is 10.7. The topological polar surface area (TPSA) is 49.8 Å². The molecule has 23 heavy (non-hydrogen) atoms. The maximum absolute atomic E-state index is 12.0. The number of hydrogen-bond acceptors (Lipinski definition) is 3. The highest BCUT2D eigenvalue weighted by Crippen LogP contribution is 2.27. The van der Waals surface area contributed by atoms with Crippen LogP contribution in [0.1, 0.15) is 53.0 Å². The molecule has 0 aromatic heterocycles. The number of ether oxygens (including phenoxy) is 1. The minimum absolute atomic E-state index is 0.288. The maximum atomic E-state index is 12.0. The SMILES string of the molecule is CC.CC(C)(C)OC(=O)N1CCC(O)(Cc2ccccc2)CC1. The first-order valence-corrected chi connectivity index (χ1v) is 8.52. The van der Waals surface area contributed by atoms with Gasteiger partial charge in [-0.15, -0.1) is 0 Å². The Morgan fingerprint density at radius 3 is 2.17 bits per heavy atom. The molecular formula is C19H31NO3. The van der Waals surface area contributed by atoms with Gasteiger partial charge in [0.05, 0.1) is 5.60 Å². The summed E-state index contributed by atoms with van der Waals surface area (Å²) in [5, 5.41) is 10.7. The molecule has 1 aliphatic rings. The summed E-state index contributed by atoms with van der Waals surface area (Å²) in [5.74, 6) is 0. The molecule has 1 N–H and O–H groups in total. The van der Waals surface area contributed by atoms with Crippen LogP contribution in [0.2, 0.25) is 0 Å². The van der Waals surface area contributed by atoms with Crippen molar-refractivity contribution in [3.05, 3.63) is 35.9 Å². The number of amides is 1. The summed E-state index contributed by atoms with van der Waals surface area (Å²) in [6.07, 6.45) is 1.52. The van der Waals surface area contributed by atoms with Crippen molar-refractivity contribution in [1.29, 1.82) is 0 Å². The Labute approximate surface area is 140 Å². The summed E-state index contributed by atoms with van der Waals surface area (Å²) >= 11 is 0. The number of likely N-dealkylation sites (tertiary alicyclic amines) is 1. The summed E-state index contributed by atoms with van der Waals surface area (Å²) in [4.78, 5) is 13.7. The first kappa shape index (κ1) is 19.5. The van der Waals surface area contributed by atoms with E-state index in [0.29, 0.717) is 32.4 Å². The summed E-state index contributed by atoms with van der Waals surface area (Å²) in [7, 11) is 0. The predicted molar refractivity (Wildman–Crippen MR) is 93.5 cm³/mol. The van der Waals surface area contributed by atoms with E-state index in [2.05, 4.69) is 0 Å². The van der Waals surface area contributed by atoms with Crippen molar-refractivity contribution in [1.82, 2.24) is 4.90 Å². The van der Waals surface area contributed by atoms with Crippen molar-refractivity contribution in [3.63, 3.8) is 0 Å². The number of nitrogens with zero attached hydrogens (tertiary/aromatic N) is 1. The molecule has 0 spiro atoms. The maximum Gasteiger partial charge on any atom is 0.410 e. The van der Waals surface area contributed by atoms with E-state index in [1.54, 1.807) is 4.90 Å². The number of benzene rings is 1. The summed E-state index contributed by atoms with van der Waals surface area (Å²) in [6, 6.07) is 9.98. The van der Waals surface area contributed by atoms with Crippen molar-refractivity contribution in [2.24, 2.45) is 0 Å². The van der Waals surface area contributed by atoms with Crippen LogP contribution in [0.25, 0.3) is 0 Å². The molecule has 1 aliphatic heterocycles. The van der Waals surface area contributed by atoms with E-state index in [4.69, 9.17) is 4.74 Å². The molecule has 0 aliphatic carbocycles. The van der Waals surface area contributed by atoms with E-state index in [1.807, 2.05) is 65.0 Å². The van der Waals surface area contributed by atoms with Crippen LogP contribution >= 0.6 is 0 Å². The van der Waals surface area contributed by atoms with Crippen LogP contribution in [0.5, 0.6) is 0 Å². The molecule has 0 atom stereocenters. The Morgan fingerprint density at radius 1 is 1.17 bits per heavy atom. The van der Waals surface area contributed by atoms with E-state index < -0.39 is 11.2 Å². The van der Waals surface area contributed by atoms with Crippen molar-refractivity contribution in [2.45, 2.75) is 65.1 Å². The van der Waals surface area contributed by atoms with Gasteiger partial charge in [-0.2, -0.15) is 0 Å². The number of rotatable bonds is 2. The fraction of sp³-hybridized carbons (Fsp3) is 0.632. The lowest BCUT2D eigenvalue weighted by Gasteiger charge is -2.38. The number of carbonyl (C=O) groups excluding carboxylic acids is 1. The Morgan fingerprint density at radius 2 is 1.70 bits per heavy atom. The van der Waals surface area contributed by atoms with Gasteiger partial charge in [-0.05, 0) is 39.2 Å². The van der Waals surface area contributed by atoms with Gasteiger partial charge >= 0.3 is 6.09 Å². The lowest BCUT2D eigenvalue weighted by atomic mass is 9.85. The van der Waals surface area contributed by atoms with E-state index >= 15 is 0 Å². The van der Waals surface area contributed by atoms with Gasteiger partial charge in [-0.25, -0.2) is 4.79 Å². The Hall–Kier alpha value is -1.55. The third-order valence-electron chi connectivity index (χ3n) is 3.72. The van der Waals surface area contributed by atoms with Gasteiger partial charge < -0.3 is 14.7 Å². The highest BCUT2D eigenvalue weighted by atomic mass is 16.6. The smallest absolute Gasteiger partial charge is 0.410 e. The average Bonchev–Trinajstić information content (AvgIpc) is 2.49. The fourth-order valence-corrected chi connectivity index (χ4v) is 2.58. The highest BCUT2D eigenvalue weighted by Gasteiger charge is 2.35. The molecule has 4 heteroatoms. The lowest BCUT2D eigenvalue weighted by molar-refractivity contribution is -0.0315. The van der Waals surface area contributed by atoms with Crippen LogP contribution in [0.3, 0.4) is 0 Å². The zero-order valence-corrected chi connectivity index (χ0v) is 15.1. The molecule has 0 bridgehead atoms. The first-order chi connectivity index (χ1) is 10.8. The molecule has 1 heterocycles. The van der Waals surface area contributed by atoms with Crippen LogP contribution in [-0.4, -0.2) is 40.4 Å². The third kappa shape index (κ3) is 6.61. The second-order valence-corrected chi connectivity index (χ2v) is 6.85. The second kappa shape index (κ2) is 8.34. The molecule has 1 aromatic carbocycles. The van der Waals surface area contributed by atoms with Crippen LogP contribution in [0.15, 0.2) is 30.3 Å². The van der Waals surface area contributed by atoms with Crippen molar-refractivity contribution >= 4 is 6.09 Å². The minimum Gasteiger partial charge on any atom is -0.444 e. The number of aliphatic hydroxyl groups is 1. The molecule has 0 radical (unpaired) electrons.